The zero-order valence-electron chi connectivity index (χ0n) is 25.7. The second-order valence-corrected chi connectivity index (χ2v) is 12.3. The van der Waals surface area contributed by atoms with Gasteiger partial charge in [-0.3, -0.25) is 19.2 Å². The van der Waals surface area contributed by atoms with Crippen LogP contribution in [-0.4, -0.2) is 29.8 Å². The molecule has 0 spiro atoms. The minimum atomic E-state index is -1.16. The second kappa shape index (κ2) is 11.5. The van der Waals surface area contributed by atoms with Crippen LogP contribution in [0.5, 0.6) is 0 Å². The highest BCUT2D eigenvalue weighted by Gasteiger charge is 2.68. The molecule has 1 saturated heterocycles. The van der Waals surface area contributed by atoms with Crippen molar-refractivity contribution >= 4 is 41.2 Å². The Morgan fingerprint density at radius 1 is 0.826 bits per heavy atom. The van der Waals surface area contributed by atoms with Gasteiger partial charge in [0, 0.05) is 17.8 Å². The Bertz CT molecular complexity index is 1850. The third-order valence-electron chi connectivity index (χ3n) is 9.65. The van der Waals surface area contributed by atoms with E-state index in [1.807, 2.05) is 79.7 Å². The summed E-state index contributed by atoms with van der Waals surface area (Å²) in [6.07, 6.45) is 4.67. The van der Waals surface area contributed by atoms with Crippen molar-refractivity contribution in [1.82, 2.24) is 5.43 Å². The molecule has 2 bridgehead atoms. The maximum Gasteiger partial charge on any atom is 0.329 e. The molecule has 0 saturated carbocycles. The molecule has 4 amide bonds. The fourth-order valence-corrected chi connectivity index (χ4v) is 7.57. The molecule has 4 aliphatic rings. The van der Waals surface area contributed by atoms with E-state index in [2.05, 4.69) is 22.8 Å². The molecule has 8 heteroatoms. The molecule has 8 nitrogen and oxygen atoms in total. The Morgan fingerprint density at radius 3 is 2.09 bits per heavy atom. The summed E-state index contributed by atoms with van der Waals surface area (Å²) in [6, 6.07) is 30.4. The third kappa shape index (κ3) is 4.55. The van der Waals surface area contributed by atoms with Crippen molar-refractivity contribution in [2.75, 3.05) is 10.2 Å². The lowest BCUT2D eigenvalue weighted by Crippen LogP contribution is -2.54. The number of hydrazone groups is 1. The number of rotatable bonds is 7. The lowest BCUT2D eigenvalue weighted by molar-refractivity contribution is -0.136. The van der Waals surface area contributed by atoms with Crippen LogP contribution in [0.3, 0.4) is 0 Å². The molecule has 2 atom stereocenters. The first kappa shape index (κ1) is 29.3. The Hall–Kier alpha value is -5.37. The number of hydrogen-bond acceptors (Lipinski definition) is 5. The number of nitrogens with one attached hydrogen (secondary N) is 2. The summed E-state index contributed by atoms with van der Waals surface area (Å²) in [4.78, 5) is 55.7. The molecule has 2 N–H and O–H groups in total. The van der Waals surface area contributed by atoms with Crippen LogP contribution in [-0.2, 0) is 31.0 Å². The van der Waals surface area contributed by atoms with Gasteiger partial charge in [-0.2, -0.15) is 5.10 Å². The second-order valence-electron chi connectivity index (χ2n) is 12.3. The van der Waals surface area contributed by atoms with Gasteiger partial charge in [0.25, 0.3) is 0 Å². The van der Waals surface area contributed by atoms with Crippen LogP contribution in [0, 0.1) is 18.8 Å². The Kier molecular flexibility index (Phi) is 7.35. The van der Waals surface area contributed by atoms with E-state index in [-0.39, 0.29) is 17.7 Å². The largest absolute Gasteiger partial charge is 0.329 e. The molecule has 4 aromatic rings. The minimum absolute atomic E-state index is 0.255. The molecule has 1 heterocycles. The summed E-state index contributed by atoms with van der Waals surface area (Å²) < 4.78 is 0. The summed E-state index contributed by atoms with van der Waals surface area (Å²) in [7, 11) is 0. The van der Waals surface area contributed by atoms with Crippen LogP contribution >= 0.6 is 0 Å². The fourth-order valence-electron chi connectivity index (χ4n) is 7.57. The van der Waals surface area contributed by atoms with Crippen molar-refractivity contribution in [2.24, 2.45) is 16.9 Å². The number of carbonyl (C=O) groups is 4. The summed E-state index contributed by atoms with van der Waals surface area (Å²) in [5.41, 5.74) is 8.07. The predicted octanol–water partition coefficient (Wildman–Crippen LogP) is 5.63. The zero-order chi connectivity index (χ0) is 32.0. The molecule has 4 aromatic carbocycles. The Morgan fingerprint density at radius 2 is 1.46 bits per heavy atom. The van der Waals surface area contributed by atoms with E-state index in [0.717, 1.165) is 52.6 Å². The number of benzene rings is 4. The lowest BCUT2D eigenvalue weighted by Gasteiger charge is -2.52. The minimum Gasteiger partial charge on any atom is -0.318 e. The number of anilines is 2. The topological polar surface area (TPSA) is 108 Å². The van der Waals surface area contributed by atoms with E-state index < -0.39 is 29.1 Å². The van der Waals surface area contributed by atoms with Crippen molar-refractivity contribution < 1.29 is 19.2 Å². The van der Waals surface area contributed by atoms with Crippen molar-refractivity contribution in [3.05, 3.63) is 130 Å². The van der Waals surface area contributed by atoms with Gasteiger partial charge in [-0.1, -0.05) is 91.7 Å². The molecule has 230 valence electrons. The number of carbonyl (C=O) groups excluding carboxylic acids is 4. The highest BCUT2D eigenvalue weighted by molar-refractivity contribution is 6.39. The average molecular weight is 611 g/mol. The summed E-state index contributed by atoms with van der Waals surface area (Å²) in [5, 5.41) is 6.96. The number of unbranched alkanes of at least 4 members (excludes halogenated alkanes) is 1. The van der Waals surface area contributed by atoms with Crippen molar-refractivity contribution in [3.8, 4) is 0 Å². The van der Waals surface area contributed by atoms with Gasteiger partial charge in [0.2, 0.25) is 11.8 Å². The lowest BCUT2D eigenvalue weighted by atomic mass is 9.47. The van der Waals surface area contributed by atoms with Crippen LogP contribution < -0.4 is 15.6 Å². The Balaban J connectivity index is 1.23. The number of hydrogen-bond donors (Lipinski definition) is 2. The first-order valence-corrected chi connectivity index (χ1v) is 15.7. The highest BCUT2D eigenvalue weighted by Crippen LogP contribution is 2.63. The SMILES string of the molecule is CCCCc1ccc(NC(=O)C(=O)NN=CC23c4ccccc4C(c4ccccc42)C2C(=O)N(c4ccc(C)cc4)C(=O)C23)cc1. The molecular weight excluding hydrogens is 576 g/mol. The third-order valence-corrected chi connectivity index (χ3v) is 9.65. The maximum absolute atomic E-state index is 14.4. The van der Waals surface area contributed by atoms with E-state index in [4.69, 9.17) is 0 Å². The molecule has 0 aromatic heterocycles. The van der Waals surface area contributed by atoms with Gasteiger partial charge in [-0.05, 0) is 71.8 Å². The van der Waals surface area contributed by atoms with E-state index in [1.165, 1.54) is 4.90 Å². The molecular formula is C38H34N4O4. The normalized spacial score (nSPS) is 22.4. The van der Waals surface area contributed by atoms with Gasteiger partial charge in [-0.25, -0.2) is 10.3 Å². The molecule has 2 unspecified atom stereocenters. The van der Waals surface area contributed by atoms with Crippen LogP contribution in [0.25, 0.3) is 0 Å². The quantitative estimate of drug-likeness (QED) is 0.122. The number of amides is 4. The first-order valence-electron chi connectivity index (χ1n) is 15.7. The monoisotopic (exact) mass is 610 g/mol. The van der Waals surface area contributed by atoms with Crippen molar-refractivity contribution in [3.63, 3.8) is 0 Å². The molecule has 1 fully saturated rings. The number of imide groups is 1. The van der Waals surface area contributed by atoms with E-state index in [9.17, 15) is 19.2 Å². The van der Waals surface area contributed by atoms with Gasteiger partial charge in [0.05, 0.1) is 22.9 Å². The van der Waals surface area contributed by atoms with Gasteiger partial charge in [0.1, 0.15) is 0 Å². The van der Waals surface area contributed by atoms with Crippen LogP contribution in [0.4, 0.5) is 11.4 Å². The van der Waals surface area contributed by atoms with Gasteiger partial charge < -0.3 is 5.32 Å². The smallest absolute Gasteiger partial charge is 0.318 e. The van der Waals surface area contributed by atoms with Gasteiger partial charge in [0.15, 0.2) is 0 Å². The molecule has 3 aliphatic carbocycles. The van der Waals surface area contributed by atoms with E-state index in [0.29, 0.717) is 11.4 Å². The predicted molar refractivity (Wildman–Crippen MR) is 176 cm³/mol. The van der Waals surface area contributed by atoms with Gasteiger partial charge in [-0.15, -0.1) is 0 Å². The van der Waals surface area contributed by atoms with Crippen molar-refractivity contribution in [1.29, 1.82) is 0 Å². The number of aryl methyl sites for hydroxylation is 2. The fraction of sp³-hybridized carbons (Fsp3) is 0.237. The summed E-state index contributed by atoms with van der Waals surface area (Å²) in [5.74, 6) is -4.14. The first-order chi connectivity index (χ1) is 22.3. The molecule has 1 aliphatic heterocycles. The molecule has 46 heavy (non-hydrogen) atoms. The maximum atomic E-state index is 14.4. The van der Waals surface area contributed by atoms with Crippen molar-refractivity contribution in [2.45, 2.75) is 44.4 Å². The van der Waals surface area contributed by atoms with E-state index in [1.54, 1.807) is 30.5 Å². The molecule has 0 radical (unpaired) electrons. The van der Waals surface area contributed by atoms with E-state index >= 15 is 0 Å². The summed E-state index contributed by atoms with van der Waals surface area (Å²) >= 11 is 0. The van der Waals surface area contributed by atoms with Crippen LogP contribution in [0.2, 0.25) is 0 Å². The van der Waals surface area contributed by atoms with Crippen LogP contribution in [0.15, 0.2) is 102 Å². The number of nitrogens with zero attached hydrogens (tertiary/aromatic N) is 2. The highest BCUT2D eigenvalue weighted by atomic mass is 16.2. The van der Waals surface area contributed by atoms with Gasteiger partial charge >= 0.3 is 11.8 Å². The standard InChI is InChI=1S/C38H34N4O4/c1-3-4-9-24-16-18-25(19-17-24)40-34(43)35(44)41-39-22-38-29-12-7-5-10-27(29)31(28-11-6-8-13-30(28)38)32-33(38)37(46)42(36(32)45)26-20-14-23(2)15-21-26/h5-8,10-22,31-33H,3-4,9H2,1-2H3,(H,40,43)(H,41,44). The summed E-state index contributed by atoms with van der Waals surface area (Å²) in [6.45, 7) is 4.09. The zero-order valence-corrected chi connectivity index (χ0v) is 25.7. The Labute approximate surface area is 267 Å². The van der Waals surface area contributed by atoms with Crippen LogP contribution in [0.1, 0.15) is 59.1 Å². The molecule has 8 rings (SSSR count). The average Bonchev–Trinajstić information content (AvgIpc) is 3.35.